The van der Waals surface area contributed by atoms with Crippen molar-refractivity contribution in [2.24, 2.45) is 0 Å². The Hall–Kier alpha value is -2.61. The smallest absolute Gasteiger partial charge is 0.235 e. The highest BCUT2D eigenvalue weighted by Crippen LogP contribution is 2.27. The molecule has 4 aromatic rings. The molecule has 0 aliphatic carbocycles. The summed E-state index contributed by atoms with van der Waals surface area (Å²) in [6.45, 7) is 1.87. The first kappa shape index (κ1) is 11.2. The van der Waals surface area contributed by atoms with Crippen molar-refractivity contribution in [2.75, 3.05) is 0 Å². The summed E-state index contributed by atoms with van der Waals surface area (Å²) < 4.78 is 6.88. The summed E-state index contributed by atoms with van der Waals surface area (Å²) in [5, 5.41) is 17.3. The second kappa shape index (κ2) is 4.20. The van der Waals surface area contributed by atoms with E-state index in [0.29, 0.717) is 21.6 Å². The third kappa shape index (κ3) is 1.69. The van der Waals surface area contributed by atoms with Crippen molar-refractivity contribution >= 4 is 16.3 Å². The summed E-state index contributed by atoms with van der Waals surface area (Å²) in [6.07, 6.45) is 1.71. The molecule has 98 valence electrons. The van der Waals surface area contributed by atoms with Gasteiger partial charge in [-0.25, -0.2) is 0 Å². The number of fused-ring (bicyclic) bond motifs is 1. The van der Waals surface area contributed by atoms with E-state index < -0.39 is 0 Å². The van der Waals surface area contributed by atoms with Gasteiger partial charge < -0.3 is 4.52 Å². The van der Waals surface area contributed by atoms with Crippen molar-refractivity contribution in [2.45, 2.75) is 6.92 Å². The van der Waals surface area contributed by atoms with Crippen molar-refractivity contribution in [1.29, 1.82) is 0 Å². The van der Waals surface area contributed by atoms with Gasteiger partial charge in [-0.15, -0.1) is 15.3 Å². The van der Waals surface area contributed by atoms with Gasteiger partial charge in [0.05, 0.1) is 5.69 Å². The topological polar surface area (TPSA) is 82.0 Å². The van der Waals surface area contributed by atoms with Crippen LogP contribution in [0.4, 0.5) is 0 Å². The SMILES string of the molecule is Cc1cc(-c2nn3c(-c4ccccn4)nnc3s2)on1. The molecule has 0 radical (unpaired) electrons. The van der Waals surface area contributed by atoms with Gasteiger partial charge >= 0.3 is 0 Å². The van der Waals surface area contributed by atoms with E-state index in [9.17, 15) is 0 Å². The molecule has 0 amide bonds. The van der Waals surface area contributed by atoms with Gasteiger partial charge in [0.1, 0.15) is 5.69 Å². The zero-order valence-corrected chi connectivity index (χ0v) is 11.2. The minimum absolute atomic E-state index is 0.610. The monoisotopic (exact) mass is 284 g/mol. The Morgan fingerprint density at radius 3 is 2.95 bits per heavy atom. The Balaban J connectivity index is 1.87. The van der Waals surface area contributed by atoms with Gasteiger partial charge in [-0.1, -0.05) is 22.6 Å². The Morgan fingerprint density at radius 1 is 1.25 bits per heavy atom. The molecule has 0 unspecified atom stereocenters. The molecule has 0 bridgehead atoms. The predicted octanol–water partition coefficient (Wildman–Crippen LogP) is 2.21. The maximum Gasteiger partial charge on any atom is 0.235 e. The molecule has 0 aliphatic heterocycles. The van der Waals surface area contributed by atoms with Crippen molar-refractivity contribution in [3.05, 3.63) is 36.2 Å². The third-order valence-electron chi connectivity index (χ3n) is 2.72. The molecule has 8 heteroatoms. The van der Waals surface area contributed by atoms with Crippen LogP contribution in [0.2, 0.25) is 0 Å². The second-order valence-electron chi connectivity index (χ2n) is 4.17. The summed E-state index contributed by atoms with van der Waals surface area (Å²) in [5.41, 5.74) is 1.54. The van der Waals surface area contributed by atoms with E-state index in [-0.39, 0.29) is 0 Å². The fourth-order valence-electron chi connectivity index (χ4n) is 1.84. The van der Waals surface area contributed by atoms with Crippen LogP contribution in [0.1, 0.15) is 5.69 Å². The maximum atomic E-state index is 5.22. The molecule has 0 saturated heterocycles. The van der Waals surface area contributed by atoms with Crippen LogP contribution < -0.4 is 0 Å². The molecular formula is C12H8N6OS. The van der Waals surface area contributed by atoms with Crippen LogP contribution in [-0.4, -0.2) is 30.0 Å². The van der Waals surface area contributed by atoms with Gasteiger partial charge in [0.2, 0.25) is 10.8 Å². The predicted molar refractivity (Wildman–Crippen MR) is 72.1 cm³/mol. The summed E-state index contributed by atoms with van der Waals surface area (Å²) in [7, 11) is 0. The van der Waals surface area contributed by atoms with Crippen molar-refractivity contribution < 1.29 is 4.52 Å². The van der Waals surface area contributed by atoms with E-state index >= 15 is 0 Å². The number of hydrogen-bond donors (Lipinski definition) is 0. The number of hydrogen-bond acceptors (Lipinski definition) is 7. The van der Waals surface area contributed by atoms with Crippen molar-refractivity contribution in [1.82, 2.24) is 30.0 Å². The minimum Gasteiger partial charge on any atom is -0.353 e. The molecule has 4 aromatic heterocycles. The van der Waals surface area contributed by atoms with E-state index in [4.69, 9.17) is 4.52 Å². The van der Waals surface area contributed by atoms with Gasteiger partial charge in [-0.3, -0.25) is 4.98 Å². The quantitative estimate of drug-likeness (QED) is 0.561. The van der Waals surface area contributed by atoms with Crippen LogP contribution >= 0.6 is 11.3 Å². The molecule has 0 spiro atoms. The average Bonchev–Trinajstić information content (AvgIpc) is 3.13. The van der Waals surface area contributed by atoms with E-state index in [0.717, 1.165) is 11.4 Å². The number of aryl methyl sites for hydroxylation is 1. The second-order valence-corrected chi connectivity index (χ2v) is 5.13. The number of pyridine rings is 1. The fourth-order valence-corrected chi connectivity index (χ4v) is 2.62. The fraction of sp³-hybridized carbons (Fsp3) is 0.0833. The van der Waals surface area contributed by atoms with Crippen molar-refractivity contribution in [3.8, 4) is 22.3 Å². The molecule has 0 fully saturated rings. The van der Waals surface area contributed by atoms with E-state index in [1.54, 1.807) is 10.7 Å². The highest BCUT2D eigenvalue weighted by atomic mass is 32.1. The maximum absolute atomic E-state index is 5.22. The molecule has 7 nitrogen and oxygen atoms in total. The molecule has 0 N–H and O–H groups in total. The van der Waals surface area contributed by atoms with Crippen LogP contribution in [0.15, 0.2) is 35.0 Å². The zero-order chi connectivity index (χ0) is 13.5. The number of rotatable bonds is 2. The lowest BCUT2D eigenvalue weighted by Crippen LogP contribution is -1.92. The van der Waals surface area contributed by atoms with Gasteiger partial charge in [-0.05, 0) is 19.1 Å². The van der Waals surface area contributed by atoms with Crippen molar-refractivity contribution in [3.63, 3.8) is 0 Å². The Kier molecular flexibility index (Phi) is 2.36. The Morgan fingerprint density at radius 2 is 2.20 bits per heavy atom. The van der Waals surface area contributed by atoms with E-state index in [1.807, 2.05) is 31.2 Å². The normalized spacial score (nSPS) is 11.2. The first-order chi connectivity index (χ1) is 9.81. The van der Waals surface area contributed by atoms with Crippen LogP contribution in [-0.2, 0) is 0 Å². The largest absolute Gasteiger partial charge is 0.353 e. The molecular weight excluding hydrogens is 276 g/mol. The Labute approximate surface area is 116 Å². The lowest BCUT2D eigenvalue weighted by atomic mass is 10.3. The molecule has 0 saturated carbocycles. The van der Waals surface area contributed by atoms with Crippen LogP contribution in [0, 0.1) is 6.92 Å². The van der Waals surface area contributed by atoms with E-state index in [1.165, 1.54) is 11.3 Å². The molecule has 4 rings (SSSR count). The third-order valence-corrected chi connectivity index (χ3v) is 3.64. The number of nitrogens with zero attached hydrogens (tertiary/aromatic N) is 6. The highest BCUT2D eigenvalue weighted by Gasteiger charge is 2.17. The van der Waals surface area contributed by atoms with Gasteiger partial charge in [0.25, 0.3) is 0 Å². The molecule has 20 heavy (non-hydrogen) atoms. The van der Waals surface area contributed by atoms with Gasteiger partial charge in [0, 0.05) is 12.3 Å². The average molecular weight is 284 g/mol. The number of aromatic nitrogens is 6. The Bertz CT molecular complexity index is 878. The van der Waals surface area contributed by atoms with Crippen LogP contribution in [0.25, 0.3) is 27.2 Å². The lowest BCUT2D eigenvalue weighted by Gasteiger charge is -1.93. The summed E-state index contributed by atoms with van der Waals surface area (Å²) in [4.78, 5) is 4.95. The minimum atomic E-state index is 0.610. The standard InChI is InChI=1S/C12H8N6OS/c1-7-6-9(19-17-7)11-16-18-10(14-15-12(18)20-11)8-4-2-3-5-13-8/h2-6H,1H3. The molecule has 0 aromatic carbocycles. The first-order valence-corrected chi connectivity index (χ1v) is 6.70. The lowest BCUT2D eigenvalue weighted by molar-refractivity contribution is 0.426. The molecule has 0 aliphatic rings. The van der Waals surface area contributed by atoms with Gasteiger partial charge in [0.15, 0.2) is 10.8 Å². The summed E-state index contributed by atoms with van der Waals surface area (Å²) in [6, 6.07) is 7.46. The summed E-state index contributed by atoms with van der Waals surface area (Å²) >= 11 is 1.40. The van der Waals surface area contributed by atoms with E-state index in [2.05, 4.69) is 25.4 Å². The molecule has 0 atom stereocenters. The summed E-state index contributed by atoms with van der Waals surface area (Å²) in [5.74, 6) is 1.24. The van der Waals surface area contributed by atoms with Crippen LogP contribution in [0.5, 0.6) is 0 Å². The highest BCUT2D eigenvalue weighted by molar-refractivity contribution is 7.19. The van der Waals surface area contributed by atoms with Gasteiger partial charge in [-0.2, -0.15) is 4.52 Å². The first-order valence-electron chi connectivity index (χ1n) is 5.88. The van der Waals surface area contributed by atoms with Crippen LogP contribution in [0.3, 0.4) is 0 Å². The zero-order valence-electron chi connectivity index (χ0n) is 10.4. The molecule has 4 heterocycles.